The number of benzene rings is 1. The number of halogens is 1. The van der Waals surface area contributed by atoms with Crippen LogP contribution in [0.15, 0.2) is 35.3 Å². The molecule has 1 aliphatic heterocycles. The highest BCUT2D eigenvalue weighted by atomic mass is 127. The van der Waals surface area contributed by atoms with E-state index < -0.39 is 10.0 Å². The molecule has 0 aliphatic carbocycles. The first kappa shape index (κ1) is 25.1. The molecule has 0 radical (unpaired) electrons. The molecule has 1 heterocycles. The van der Waals surface area contributed by atoms with E-state index in [0.29, 0.717) is 26.1 Å². The van der Waals surface area contributed by atoms with Crippen molar-refractivity contribution in [1.82, 2.24) is 20.3 Å². The van der Waals surface area contributed by atoms with Crippen molar-refractivity contribution in [2.24, 2.45) is 4.99 Å². The van der Waals surface area contributed by atoms with Gasteiger partial charge in [-0.3, -0.25) is 9.89 Å². The molecule has 0 spiro atoms. The molecule has 0 aromatic heterocycles. The Morgan fingerprint density at radius 2 is 1.82 bits per heavy atom. The van der Waals surface area contributed by atoms with Gasteiger partial charge in [-0.25, -0.2) is 13.1 Å². The quantitative estimate of drug-likeness (QED) is 0.189. The van der Waals surface area contributed by atoms with Gasteiger partial charge in [0, 0.05) is 19.6 Å². The number of hydrogen-bond donors (Lipinski definition) is 3. The maximum atomic E-state index is 11.1. The Labute approximate surface area is 186 Å². The SMILES string of the molecule is CCNC(=NCC(c1ccccc1)N1CCCC1)NCCCNS(C)(=O)=O.I. The summed E-state index contributed by atoms with van der Waals surface area (Å²) in [5.74, 6) is 0.775. The van der Waals surface area contributed by atoms with Crippen LogP contribution in [0.1, 0.15) is 37.8 Å². The highest BCUT2D eigenvalue weighted by molar-refractivity contribution is 14.0. The first-order chi connectivity index (χ1) is 13.0. The Kier molecular flexibility index (Phi) is 12.0. The molecule has 1 aromatic rings. The van der Waals surface area contributed by atoms with E-state index in [9.17, 15) is 8.42 Å². The van der Waals surface area contributed by atoms with Crippen LogP contribution in [-0.4, -0.2) is 64.8 Å². The Morgan fingerprint density at radius 3 is 2.43 bits per heavy atom. The average Bonchev–Trinajstić information content (AvgIpc) is 3.16. The lowest BCUT2D eigenvalue weighted by Crippen LogP contribution is -2.39. The Balaban J connectivity index is 0.00000392. The van der Waals surface area contributed by atoms with E-state index in [4.69, 9.17) is 4.99 Å². The van der Waals surface area contributed by atoms with Gasteiger partial charge in [0.1, 0.15) is 0 Å². The molecule has 3 N–H and O–H groups in total. The Bertz CT molecular complexity index is 679. The summed E-state index contributed by atoms with van der Waals surface area (Å²) in [5, 5.41) is 6.56. The first-order valence-corrected chi connectivity index (χ1v) is 11.6. The number of nitrogens with one attached hydrogen (secondary N) is 3. The van der Waals surface area contributed by atoms with Gasteiger partial charge in [0.15, 0.2) is 5.96 Å². The number of hydrogen-bond acceptors (Lipinski definition) is 4. The third-order valence-electron chi connectivity index (χ3n) is 4.54. The number of rotatable bonds is 10. The van der Waals surface area contributed by atoms with E-state index in [0.717, 1.165) is 25.6 Å². The topological polar surface area (TPSA) is 85.8 Å². The fourth-order valence-corrected chi connectivity index (χ4v) is 3.75. The number of nitrogens with zero attached hydrogens (tertiary/aromatic N) is 2. The molecule has 7 nitrogen and oxygen atoms in total. The first-order valence-electron chi connectivity index (χ1n) is 9.75. The van der Waals surface area contributed by atoms with Gasteiger partial charge in [-0.05, 0) is 44.8 Å². The van der Waals surface area contributed by atoms with Gasteiger partial charge in [0.2, 0.25) is 10.0 Å². The fourth-order valence-electron chi connectivity index (χ4n) is 3.23. The van der Waals surface area contributed by atoms with E-state index in [1.807, 2.05) is 13.0 Å². The molecule has 1 unspecified atom stereocenters. The van der Waals surface area contributed by atoms with Gasteiger partial charge in [0.25, 0.3) is 0 Å². The van der Waals surface area contributed by atoms with Crippen LogP contribution in [-0.2, 0) is 10.0 Å². The number of sulfonamides is 1. The molecule has 1 aromatic carbocycles. The van der Waals surface area contributed by atoms with Crippen LogP contribution in [0.3, 0.4) is 0 Å². The van der Waals surface area contributed by atoms with Crippen molar-refractivity contribution >= 4 is 40.0 Å². The maximum absolute atomic E-state index is 11.1. The van der Waals surface area contributed by atoms with Gasteiger partial charge < -0.3 is 10.6 Å². The second-order valence-electron chi connectivity index (χ2n) is 6.84. The van der Waals surface area contributed by atoms with Crippen molar-refractivity contribution in [1.29, 1.82) is 0 Å². The van der Waals surface area contributed by atoms with E-state index >= 15 is 0 Å². The molecule has 160 valence electrons. The highest BCUT2D eigenvalue weighted by Crippen LogP contribution is 2.25. The maximum Gasteiger partial charge on any atom is 0.208 e. The third-order valence-corrected chi connectivity index (χ3v) is 5.27. The lowest BCUT2D eigenvalue weighted by Gasteiger charge is -2.27. The smallest absolute Gasteiger partial charge is 0.208 e. The molecule has 1 fully saturated rings. The minimum Gasteiger partial charge on any atom is -0.357 e. The second-order valence-corrected chi connectivity index (χ2v) is 8.67. The Morgan fingerprint density at radius 1 is 1.14 bits per heavy atom. The summed E-state index contributed by atoms with van der Waals surface area (Å²) in [7, 11) is -3.13. The monoisotopic (exact) mass is 523 g/mol. The van der Waals surface area contributed by atoms with Crippen LogP contribution in [0.25, 0.3) is 0 Å². The predicted molar refractivity (Wildman–Crippen MR) is 127 cm³/mol. The summed E-state index contributed by atoms with van der Waals surface area (Å²) in [6.07, 6.45) is 4.37. The van der Waals surface area contributed by atoms with Gasteiger partial charge in [0.05, 0.1) is 18.8 Å². The summed E-state index contributed by atoms with van der Waals surface area (Å²) in [6.45, 7) is 6.85. The minimum absolute atomic E-state index is 0. The molecule has 1 aliphatic rings. The lowest BCUT2D eigenvalue weighted by molar-refractivity contribution is 0.251. The second kappa shape index (κ2) is 13.3. The molecule has 9 heteroatoms. The Hall–Kier alpha value is -0.910. The van der Waals surface area contributed by atoms with Crippen molar-refractivity contribution in [3.05, 3.63) is 35.9 Å². The average molecular weight is 523 g/mol. The van der Waals surface area contributed by atoms with E-state index in [-0.39, 0.29) is 30.0 Å². The number of guanidine groups is 1. The summed E-state index contributed by atoms with van der Waals surface area (Å²) >= 11 is 0. The van der Waals surface area contributed by atoms with Crippen LogP contribution in [0.2, 0.25) is 0 Å². The third kappa shape index (κ3) is 9.53. The molecule has 0 amide bonds. The molecular formula is C19H34IN5O2S. The van der Waals surface area contributed by atoms with Gasteiger partial charge in [-0.1, -0.05) is 30.3 Å². The number of likely N-dealkylation sites (tertiary alicyclic amines) is 1. The molecule has 28 heavy (non-hydrogen) atoms. The highest BCUT2D eigenvalue weighted by Gasteiger charge is 2.23. The minimum atomic E-state index is -3.13. The summed E-state index contributed by atoms with van der Waals surface area (Å²) in [4.78, 5) is 7.31. The summed E-state index contributed by atoms with van der Waals surface area (Å²) < 4.78 is 24.7. The van der Waals surface area contributed by atoms with Crippen molar-refractivity contribution in [2.45, 2.75) is 32.2 Å². The lowest BCUT2D eigenvalue weighted by atomic mass is 10.1. The van der Waals surface area contributed by atoms with Crippen molar-refractivity contribution in [3.8, 4) is 0 Å². The molecular weight excluding hydrogens is 489 g/mol. The largest absolute Gasteiger partial charge is 0.357 e. The van der Waals surface area contributed by atoms with E-state index in [1.165, 1.54) is 24.7 Å². The summed E-state index contributed by atoms with van der Waals surface area (Å²) in [6, 6.07) is 10.9. The zero-order valence-electron chi connectivity index (χ0n) is 16.9. The van der Waals surface area contributed by atoms with Crippen LogP contribution < -0.4 is 15.4 Å². The van der Waals surface area contributed by atoms with E-state index in [2.05, 4.69) is 44.5 Å². The van der Waals surface area contributed by atoms with Gasteiger partial charge >= 0.3 is 0 Å². The molecule has 1 saturated heterocycles. The summed E-state index contributed by atoms with van der Waals surface area (Å²) in [5.41, 5.74) is 1.30. The van der Waals surface area contributed by atoms with Crippen LogP contribution in [0.5, 0.6) is 0 Å². The molecule has 0 saturated carbocycles. The molecule has 0 bridgehead atoms. The zero-order valence-corrected chi connectivity index (χ0v) is 20.0. The van der Waals surface area contributed by atoms with Gasteiger partial charge in [-0.15, -0.1) is 24.0 Å². The molecule has 1 atom stereocenters. The molecule has 2 rings (SSSR count). The van der Waals surface area contributed by atoms with Crippen LogP contribution in [0.4, 0.5) is 0 Å². The van der Waals surface area contributed by atoms with Crippen molar-refractivity contribution < 1.29 is 8.42 Å². The fraction of sp³-hybridized carbons (Fsp3) is 0.632. The standard InChI is InChI=1S/C19H33N5O2S.HI/c1-3-20-19(21-12-9-13-23-27(2,25)26)22-16-18(24-14-7-8-15-24)17-10-5-4-6-11-17;/h4-6,10-11,18,23H,3,7-9,12-16H2,1-2H3,(H2,20,21,22);1H. The van der Waals surface area contributed by atoms with Gasteiger partial charge in [-0.2, -0.15) is 0 Å². The van der Waals surface area contributed by atoms with E-state index in [1.54, 1.807) is 0 Å². The van der Waals surface area contributed by atoms with Crippen LogP contribution >= 0.6 is 24.0 Å². The van der Waals surface area contributed by atoms with Crippen molar-refractivity contribution in [3.63, 3.8) is 0 Å². The zero-order chi connectivity index (χ0) is 19.5. The number of aliphatic imine (C=N–C) groups is 1. The normalized spacial score (nSPS) is 16.4. The predicted octanol–water partition coefficient (Wildman–Crippen LogP) is 1.94. The van der Waals surface area contributed by atoms with Crippen molar-refractivity contribution in [2.75, 3.05) is 45.5 Å². The van der Waals surface area contributed by atoms with Crippen LogP contribution in [0, 0.1) is 0 Å².